The molecule has 0 fully saturated rings. The normalized spacial score (nSPS) is 14.4. The fraction of sp³-hybridized carbons (Fsp3) is 0.899. The molecule has 0 bridgehead atoms. The number of unbranched alkanes of at least 4 members (excludes halogenated alkanes) is 39. The molecule has 3 N–H and O–H groups in total. The van der Waals surface area contributed by atoms with Gasteiger partial charge in [-0.3, -0.25) is 37.3 Å². The van der Waals surface area contributed by atoms with Crippen LogP contribution in [-0.2, 0) is 65.4 Å². The lowest BCUT2D eigenvalue weighted by atomic mass is 9.99. The highest BCUT2D eigenvalue weighted by atomic mass is 31.2. The van der Waals surface area contributed by atoms with Crippen molar-refractivity contribution in [1.82, 2.24) is 0 Å². The molecule has 0 aliphatic carbocycles. The lowest BCUT2D eigenvalue weighted by molar-refractivity contribution is -0.161. The summed E-state index contributed by atoms with van der Waals surface area (Å²) in [6, 6.07) is 0. The van der Waals surface area contributed by atoms with Gasteiger partial charge in [0.05, 0.1) is 26.4 Å². The van der Waals surface area contributed by atoms with Gasteiger partial charge in [-0.1, -0.05) is 330 Å². The summed E-state index contributed by atoms with van der Waals surface area (Å²) in [6.45, 7) is 11.9. The Bertz CT molecular complexity index is 2000. The highest BCUT2D eigenvalue weighted by Gasteiger charge is 2.30. The maximum Gasteiger partial charge on any atom is 0.472 e. The summed E-state index contributed by atoms with van der Waals surface area (Å²) in [4.78, 5) is 72.9. The number of aliphatic hydroxyl groups excluding tert-OH is 1. The quantitative estimate of drug-likeness (QED) is 0.0169. The van der Waals surface area contributed by atoms with Crippen LogP contribution >= 0.6 is 15.6 Å². The number of phosphoric ester groups is 2. The van der Waals surface area contributed by atoms with E-state index in [1.54, 1.807) is 0 Å². The number of carbonyl (C=O) groups is 4. The van der Waals surface area contributed by atoms with Crippen LogP contribution in [-0.4, -0.2) is 96.7 Å². The van der Waals surface area contributed by atoms with Gasteiger partial charge < -0.3 is 33.8 Å². The van der Waals surface area contributed by atoms with Crippen LogP contribution in [0.4, 0.5) is 0 Å². The molecule has 0 aromatic carbocycles. The number of hydrogen-bond donors (Lipinski definition) is 3. The zero-order chi connectivity index (χ0) is 72.3. The van der Waals surface area contributed by atoms with Gasteiger partial charge in [-0.05, 0) is 69.1 Å². The molecule has 0 aliphatic rings. The molecule has 19 heteroatoms. The molecule has 0 radical (unpaired) electrons. The smallest absolute Gasteiger partial charge is 0.462 e. The number of esters is 4. The van der Waals surface area contributed by atoms with Crippen molar-refractivity contribution in [1.29, 1.82) is 0 Å². The zero-order valence-corrected chi connectivity index (χ0v) is 65.5. The minimum Gasteiger partial charge on any atom is -0.462 e. The molecule has 0 amide bonds. The molecule has 17 nitrogen and oxygen atoms in total. The van der Waals surface area contributed by atoms with Gasteiger partial charge in [0.15, 0.2) is 12.2 Å². The molecule has 0 aliphatic heterocycles. The van der Waals surface area contributed by atoms with Gasteiger partial charge in [0.2, 0.25) is 0 Å². The fourth-order valence-electron chi connectivity index (χ4n) is 11.6. The van der Waals surface area contributed by atoms with Crippen LogP contribution in [0.5, 0.6) is 0 Å². The number of allylic oxidation sites excluding steroid dienone is 4. The Balaban J connectivity index is 5.28. The number of carbonyl (C=O) groups excluding carboxylic acids is 4. The van der Waals surface area contributed by atoms with Crippen LogP contribution in [0.3, 0.4) is 0 Å². The van der Waals surface area contributed by atoms with Crippen LogP contribution in [0, 0.1) is 17.8 Å². The monoisotopic (exact) mass is 1430 g/mol. The molecule has 0 saturated heterocycles. The van der Waals surface area contributed by atoms with E-state index in [1.807, 2.05) is 0 Å². The second-order valence-electron chi connectivity index (χ2n) is 29.0. The number of aliphatic hydroxyl groups is 1. The largest absolute Gasteiger partial charge is 0.472 e. The van der Waals surface area contributed by atoms with Gasteiger partial charge in [0, 0.05) is 25.7 Å². The van der Waals surface area contributed by atoms with Crippen molar-refractivity contribution >= 4 is 39.5 Å². The van der Waals surface area contributed by atoms with Crippen LogP contribution in [0.2, 0.25) is 0 Å². The molecule has 0 saturated carbocycles. The predicted octanol–water partition coefficient (Wildman–Crippen LogP) is 22.9. The van der Waals surface area contributed by atoms with Gasteiger partial charge in [0.1, 0.15) is 19.3 Å². The molecule has 6 atom stereocenters. The third-order valence-electron chi connectivity index (χ3n) is 18.1. The first-order valence-corrected chi connectivity index (χ1v) is 43.2. The maximum absolute atomic E-state index is 13.1. The summed E-state index contributed by atoms with van der Waals surface area (Å²) in [5, 5.41) is 10.6. The van der Waals surface area contributed by atoms with E-state index < -0.39 is 97.5 Å². The van der Waals surface area contributed by atoms with Crippen molar-refractivity contribution in [3.8, 4) is 0 Å². The van der Waals surface area contributed by atoms with E-state index in [9.17, 15) is 43.2 Å². The Morgan fingerprint density at radius 1 is 0.337 bits per heavy atom. The van der Waals surface area contributed by atoms with E-state index in [2.05, 4.69) is 72.8 Å². The second kappa shape index (κ2) is 68.9. The first-order valence-electron chi connectivity index (χ1n) is 40.2. The van der Waals surface area contributed by atoms with Crippen LogP contribution < -0.4 is 0 Å². The summed E-state index contributed by atoms with van der Waals surface area (Å²) >= 11 is 0. The van der Waals surface area contributed by atoms with Crippen molar-refractivity contribution in [2.75, 3.05) is 39.6 Å². The molecule has 98 heavy (non-hydrogen) atoms. The summed E-state index contributed by atoms with van der Waals surface area (Å²) in [7, 11) is -9.93. The van der Waals surface area contributed by atoms with E-state index in [0.29, 0.717) is 31.6 Å². The highest BCUT2D eigenvalue weighted by Crippen LogP contribution is 2.45. The predicted molar refractivity (Wildman–Crippen MR) is 400 cm³/mol. The van der Waals surface area contributed by atoms with Gasteiger partial charge in [0.25, 0.3) is 0 Å². The molecule has 0 aromatic rings. The first-order chi connectivity index (χ1) is 47.3. The van der Waals surface area contributed by atoms with Gasteiger partial charge >= 0.3 is 39.5 Å². The Hall–Kier alpha value is -2.46. The van der Waals surface area contributed by atoms with Crippen molar-refractivity contribution < 1.29 is 80.2 Å². The molecule has 0 heterocycles. The Labute approximate surface area is 599 Å². The summed E-state index contributed by atoms with van der Waals surface area (Å²) < 4.78 is 68.6. The highest BCUT2D eigenvalue weighted by molar-refractivity contribution is 7.47. The average Bonchev–Trinajstić information content (AvgIpc) is 1.00. The van der Waals surface area contributed by atoms with Crippen LogP contribution in [0.25, 0.3) is 0 Å². The Morgan fingerprint density at radius 2 is 0.602 bits per heavy atom. The van der Waals surface area contributed by atoms with Gasteiger partial charge in [-0.2, -0.15) is 0 Å². The van der Waals surface area contributed by atoms with Crippen LogP contribution in [0.15, 0.2) is 24.3 Å². The third kappa shape index (κ3) is 70.6. The van der Waals surface area contributed by atoms with Gasteiger partial charge in [-0.15, -0.1) is 0 Å². The third-order valence-corrected chi connectivity index (χ3v) is 20.0. The summed E-state index contributed by atoms with van der Waals surface area (Å²) in [5.74, 6) is 0.177. The summed E-state index contributed by atoms with van der Waals surface area (Å²) in [6.07, 6.45) is 59.0. The Morgan fingerprint density at radius 3 is 0.908 bits per heavy atom. The Kier molecular flexibility index (Phi) is 67.2. The SMILES string of the molecule is CCCCCC/C=C\C=C/CCCCCCCC(=O)OC[C@H](COP(=O)(O)OCC(O)COP(=O)(O)OC[C@@H](COC(=O)CCCCCCCCCC(C)C)OC(=O)CCCCCCCCCCCCCCCCC(C)CC)OC(=O)CCCCCCCCCCCCCCC(C)C. The van der Waals surface area contributed by atoms with E-state index >= 15 is 0 Å². The van der Waals surface area contributed by atoms with Gasteiger partial charge in [-0.25, -0.2) is 9.13 Å². The van der Waals surface area contributed by atoms with E-state index in [1.165, 1.54) is 167 Å². The number of hydrogen-bond acceptors (Lipinski definition) is 15. The van der Waals surface area contributed by atoms with Crippen molar-refractivity contribution in [3.63, 3.8) is 0 Å². The molecule has 0 aromatic heterocycles. The molecular formula is C79H150O17P2. The summed E-state index contributed by atoms with van der Waals surface area (Å²) in [5.41, 5.74) is 0. The molecule has 4 unspecified atom stereocenters. The molecule has 578 valence electrons. The number of phosphoric acid groups is 2. The first kappa shape index (κ1) is 95.5. The molecular weight excluding hydrogens is 1280 g/mol. The van der Waals surface area contributed by atoms with Crippen molar-refractivity contribution in [2.24, 2.45) is 17.8 Å². The maximum atomic E-state index is 13.1. The second-order valence-corrected chi connectivity index (χ2v) is 31.9. The van der Waals surface area contributed by atoms with Crippen LogP contribution in [0.1, 0.15) is 382 Å². The topological polar surface area (TPSA) is 237 Å². The minimum atomic E-state index is -4.97. The van der Waals surface area contributed by atoms with E-state index in [4.69, 9.17) is 37.0 Å². The lowest BCUT2D eigenvalue weighted by Crippen LogP contribution is -2.30. The number of rotatable bonds is 75. The minimum absolute atomic E-state index is 0.0997. The average molecular weight is 1430 g/mol. The van der Waals surface area contributed by atoms with Crippen molar-refractivity contribution in [2.45, 2.75) is 401 Å². The standard InChI is InChI=1S/C79H150O17P2/c1-8-10-11-12-13-14-15-16-17-21-27-32-39-46-53-60-76(81)89-66-74(95-79(84)63-56-49-41-34-29-24-23-25-30-36-43-50-57-70(3)4)68-93-97(85,86)91-64-73(80)65-92-98(87,88)94-69-75(67-90-77(82)61-54-47-42-35-37-44-51-58-71(5)6)96-78(83)62-55-48-40-33-28-22-19-18-20-26-31-38-45-52-59-72(7)9-2/h14-17,70-75,80H,8-13,18-69H2,1-7H3,(H,85,86)(H,87,88)/b15-14-,17-16-/t72?,73?,74-,75-/m1/s1. The van der Waals surface area contributed by atoms with Crippen molar-refractivity contribution in [3.05, 3.63) is 24.3 Å². The lowest BCUT2D eigenvalue weighted by Gasteiger charge is -2.21. The van der Waals surface area contributed by atoms with E-state index in [-0.39, 0.29) is 25.7 Å². The molecule has 0 rings (SSSR count). The fourth-order valence-corrected chi connectivity index (χ4v) is 13.1. The zero-order valence-electron chi connectivity index (χ0n) is 63.7. The van der Waals surface area contributed by atoms with E-state index in [0.717, 1.165) is 127 Å². The number of ether oxygens (including phenoxy) is 4. The molecule has 0 spiro atoms.